The SMILES string of the molecule is CONC(=O)c1cn(-c2ccc3c(c2)CCC3)c2nc(Nc3ccc(S(=O)[O-])cc3)ncc2c1=O. The number of pyridine rings is 1. The van der Waals surface area contributed by atoms with Crippen LogP contribution in [-0.2, 0) is 28.8 Å². The number of carbonyl (C=O) groups is 1. The van der Waals surface area contributed by atoms with Crippen LogP contribution >= 0.6 is 0 Å². The molecule has 1 aliphatic rings. The maximum Gasteiger partial charge on any atom is 0.280 e. The molecular formula is C24H20N5O5S-. The molecule has 2 heterocycles. The molecule has 2 aromatic carbocycles. The van der Waals surface area contributed by atoms with Crippen LogP contribution in [0, 0.1) is 0 Å². The lowest BCUT2D eigenvalue weighted by molar-refractivity contribution is 0.0536. The van der Waals surface area contributed by atoms with E-state index in [1.165, 1.54) is 42.8 Å². The molecule has 1 amide bonds. The van der Waals surface area contributed by atoms with E-state index in [0.29, 0.717) is 11.3 Å². The maximum absolute atomic E-state index is 13.1. The fourth-order valence-electron chi connectivity index (χ4n) is 4.16. The zero-order valence-electron chi connectivity index (χ0n) is 18.6. The quantitative estimate of drug-likeness (QED) is 0.311. The molecule has 0 spiro atoms. The third kappa shape index (κ3) is 4.44. The van der Waals surface area contributed by atoms with Gasteiger partial charge in [0.15, 0.2) is 5.65 Å². The number of aromatic nitrogens is 3. The minimum Gasteiger partial charge on any atom is -0.768 e. The molecule has 1 atom stereocenters. The van der Waals surface area contributed by atoms with Crippen LogP contribution in [0.25, 0.3) is 16.7 Å². The normalized spacial score (nSPS) is 13.4. The van der Waals surface area contributed by atoms with Gasteiger partial charge in [0, 0.05) is 28.7 Å². The molecule has 2 aromatic heterocycles. The van der Waals surface area contributed by atoms with E-state index in [2.05, 4.69) is 26.8 Å². The summed E-state index contributed by atoms with van der Waals surface area (Å²) in [6.07, 6.45) is 5.88. The number of fused-ring (bicyclic) bond motifs is 2. The van der Waals surface area contributed by atoms with Crippen molar-refractivity contribution in [1.29, 1.82) is 0 Å². The molecule has 10 nitrogen and oxygen atoms in total. The van der Waals surface area contributed by atoms with Crippen molar-refractivity contribution in [3.8, 4) is 5.69 Å². The lowest BCUT2D eigenvalue weighted by Gasteiger charge is -2.15. The maximum atomic E-state index is 13.1. The van der Waals surface area contributed by atoms with Crippen LogP contribution in [0.4, 0.5) is 11.6 Å². The fourth-order valence-corrected chi connectivity index (χ4v) is 4.52. The lowest BCUT2D eigenvalue weighted by atomic mass is 10.1. The Morgan fingerprint density at radius 1 is 1.14 bits per heavy atom. The van der Waals surface area contributed by atoms with Crippen LogP contribution in [0.1, 0.15) is 27.9 Å². The first-order valence-electron chi connectivity index (χ1n) is 10.8. The number of benzene rings is 2. The summed E-state index contributed by atoms with van der Waals surface area (Å²) >= 11 is -2.33. The van der Waals surface area contributed by atoms with E-state index >= 15 is 0 Å². The standard InChI is InChI=1S/C24H21N5O5S/c1-34-28-23(31)20-13-29(17-8-5-14-3-2-4-15(14)11-17)22-19(21(20)30)12-25-24(27-22)26-16-6-9-18(10-7-16)35(32)33/h5-13H,2-4H2,1H3,(H,28,31)(H,32,33)(H,25,26,27)/p-1. The lowest BCUT2D eigenvalue weighted by Crippen LogP contribution is -2.29. The molecule has 35 heavy (non-hydrogen) atoms. The smallest absolute Gasteiger partial charge is 0.280 e. The van der Waals surface area contributed by atoms with Crippen molar-refractivity contribution in [3.05, 3.63) is 81.8 Å². The molecule has 0 saturated carbocycles. The summed E-state index contributed by atoms with van der Waals surface area (Å²) in [7, 11) is 1.29. The molecule has 1 aliphatic carbocycles. The van der Waals surface area contributed by atoms with Gasteiger partial charge in [-0.3, -0.25) is 18.6 Å². The number of hydrogen-bond acceptors (Lipinski definition) is 8. The molecule has 0 aliphatic heterocycles. The summed E-state index contributed by atoms with van der Waals surface area (Å²) in [5, 5.41) is 3.19. The molecule has 2 N–H and O–H groups in total. The van der Waals surface area contributed by atoms with Crippen molar-refractivity contribution in [2.24, 2.45) is 0 Å². The predicted octanol–water partition coefficient (Wildman–Crippen LogP) is 2.54. The molecule has 0 saturated heterocycles. The zero-order chi connectivity index (χ0) is 24.5. The Morgan fingerprint density at radius 2 is 1.91 bits per heavy atom. The third-order valence-electron chi connectivity index (χ3n) is 5.85. The van der Waals surface area contributed by atoms with Gasteiger partial charge >= 0.3 is 0 Å². The molecule has 4 aromatic rings. The summed E-state index contributed by atoms with van der Waals surface area (Å²) in [4.78, 5) is 39.3. The number of nitrogens with zero attached hydrogens (tertiary/aromatic N) is 3. The second kappa shape index (κ2) is 9.37. The van der Waals surface area contributed by atoms with E-state index in [1.54, 1.807) is 16.7 Å². The number of carbonyl (C=O) groups excluding carboxylic acids is 1. The monoisotopic (exact) mass is 490 g/mol. The molecule has 0 fully saturated rings. The van der Waals surface area contributed by atoms with Crippen molar-refractivity contribution >= 4 is 39.7 Å². The molecule has 178 valence electrons. The highest BCUT2D eigenvalue weighted by molar-refractivity contribution is 7.79. The summed E-state index contributed by atoms with van der Waals surface area (Å²) < 4.78 is 23.9. The topological polar surface area (TPSA) is 138 Å². The van der Waals surface area contributed by atoms with E-state index in [-0.39, 0.29) is 21.8 Å². The average Bonchev–Trinajstić information content (AvgIpc) is 3.33. The molecule has 11 heteroatoms. The van der Waals surface area contributed by atoms with Gasteiger partial charge in [0.05, 0.1) is 12.5 Å². The van der Waals surface area contributed by atoms with E-state index in [0.717, 1.165) is 24.9 Å². The van der Waals surface area contributed by atoms with Gasteiger partial charge in [-0.25, -0.2) is 10.5 Å². The molecule has 0 radical (unpaired) electrons. The number of aryl methyl sites for hydroxylation is 2. The highest BCUT2D eigenvalue weighted by Gasteiger charge is 2.19. The van der Waals surface area contributed by atoms with Gasteiger partial charge in [0.2, 0.25) is 11.4 Å². The van der Waals surface area contributed by atoms with Gasteiger partial charge in [-0.05, 0) is 77.9 Å². The van der Waals surface area contributed by atoms with Crippen LogP contribution in [-0.4, -0.2) is 36.3 Å². The van der Waals surface area contributed by atoms with Gasteiger partial charge in [-0.1, -0.05) is 6.07 Å². The Balaban J connectivity index is 1.64. The second-order valence-electron chi connectivity index (χ2n) is 8.00. The minimum atomic E-state index is -2.33. The summed E-state index contributed by atoms with van der Waals surface area (Å²) in [5.41, 5.74) is 5.72. The number of anilines is 2. The van der Waals surface area contributed by atoms with Crippen LogP contribution in [0.3, 0.4) is 0 Å². The molecule has 0 bridgehead atoms. The van der Waals surface area contributed by atoms with Gasteiger partial charge in [-0.2, -0.15) is 4.98 Å². The first kappa shape index (κ1) is 22.8. The number of hydroxylamine groups is 1. The molecule has 5 rings (SSSR count). The number of amides is 1. The first-order chi connectivity index (χ1) is 16.9. The van der Waals surface area contributed by atoms with Gasteiger partial charge in [0.1, 0.15) is 5.56 Å². The van der Waals surface area contributed by atoms with Crippen LogP contribution in [0.15, 0.2) is 64.5 Å². The largest absolute Gasteiger partial charge is 0.768 e. The molecule has 1 unspecified atom stereocenters. The Labute approximate surface area is 202 Å². The summed E-state index contributed by atoms with van der Waals surface area (Å²) in [6, 6.07) is 12.1. The average molecular weight is 491 g/mol. The van der Waals surface area contributed by atoms with Crippen molar-refractivity contribution in [2.75, 3.05) is 12.4 Å². The molecular weight excluding hydrogens is 470 g/mol. The highest BCUT2D eigenvalue weighted by atomic mass is 32.2. The van der Waals surface area contributed by atoms with Crippen LogP contribution < -0.4 is 16.2 Å². The Bertz CT molecular complexity index is 1530. The minimum absolute atomic E-state index is 0.106. The van der Waals surface area contributed by atoms with Crippen molar-refractivity contribution in [3.63, 3.8) is 0 Å². The predicted molar refractivity (Wildman–Crippen MR) is 129 cm³/mol. The Hall–Kier alpha value is -3.93. The Kier molecular flexibility index (Phi) is 6.12. The van der Waals surface area contributed by atoms with Gasteiger partial charge in [-0.15, -0.1) is 0 Å². The van der Waals surface area contributed by atoms with Crippen LogP contribution in [0.5, 0.6) is 0 Å². The highest BCUT2D eigenvalue weighted by Crippen LogP contribution is 2.26. The summed E-state index contributed by atoms with van der Waals surface area (Å²) in [6.45, 7) is 0. The number of hydrogen-bond donors (Lipinski definition) is 2. The van der Waals surface area contributed by atoms with Gasteiger partial charge < -0.3 is 14.4 Å². The van der Waals surface area contributed by atoms with Gasteiger partial charge in [0.25, 0.3) is 5.91 Å². The van der Waals surface area contributed by atoms with Crippen molar-refractivity contribution in [2.45, 2.75) is 24.2 Å². The van der Waals surface area contributed by atoms with E-state index in [4.69, 9.17) is 4.84 Å². The first-order valence-corrected chi connectivity index (χ1v) is 11.9. The van der Waals surface area contributed by atoms with E-state index in [1.807, 2.05) is 12.1 Å². The Morgan fingerprint density at radius 3 is 2.66 bits per heavy atom. The van der Waals surface area contributed by atoms with E-state index in [9.17, 15) is 18.4 Å². The number of nitrogens with one attached hydrogen (secondary N) is 2. The van der Waals surface area contributed by atoms with Crippen LogP contribution in [0.2, 0.25) is 0 Å². The number of rotatable bonds is 6. The van der Waals surface area contributed by atoms with E-state index < -0.39 is 22.4 Å². The second-order valence-corrected chi connectivity index (χ2v) is 8.94. The fraction of sp³-hybridized carbons (Fsp3) is 0.167. The summed E-state index contributed by atoms with van der Waals surface area (Å²) in [5.74, 6) is -0.468. The zero-order valence-corrected chi connectivity index (χ0v) is 19.4. The van der Waals surface area contributed by atoms with Crippen molar-refractivity contribution in [1.82, 2.24) is 20.0 Å². The third-order valence-corrected chi connectivity index (χ3v) is 6.50. The van der Waals surface area contributed by atoms with Crippen molar-refractivity contribution < 1.29 is 18.4 Å².